The van der Waals surface area contributed by atoms with Gasteiger partial charge in [-0.2, -0.15) is 0 Å². The van der Waals surface area contributed by atoms with Gasteiger partial charge in [0, 0.05) is 6.26 Å². The molecule has 1 aromatic heterocycles. The van der Waals surface area contributed by atoms with E-state index in [1.165, 1.54) is 17.6 Å². The van der Waals surface area contributed by atoms with E-state index in [2.05, 4.69) is 0 Å². The highest BCUT2D eigenvalue weighted by Crippen LogP contribution is 2.18. The van der Waals surface area contributed by atoms with Crippen LogP contribution in [0.1, 0.15) is 9.67 Å². The quantitative estimate of drug-likeness (QED) is 0.740. The van der Waals surface area contributed by atoms with E-state index < -0.39 is 16.7 Å². The lowest BCUT2D eigenvalue weighted by Gasteiger charge is -1.93. The molecule has 0 aliphatic heterocycles. The van der Waals surface area contributed by atoms with Crippen molar-refractivity contribution < 1.29 is 9.00 Å². The van der Waals surface area contributed by atoms with Crippen LogP contribution in [-0.4, -0.2) is 16.4 Å². The molecule has 1 unspecified atom stereocenters. The lowest BCUT2D eigenvalue weighted by molar-refractivity contribution is 0.100. The predicted octanol–water partition coefficient (Wildman–Crippen LogP) is 0.584. The van der Waals surface area contributed by atoms with Gasteiger partial charge in [0.25, 0.3) is 5.91 Å². The second-order valence-corrected chi connectivity index (χ2v) is 4.20. The maximum atomic E-state index is 10.9. The summed E-state index contributed by atoms with van der Waals surface area (Å²) in [6, 6.07) is 1.65. The number of carbonyl (C=O) groups excluding carboxylic acids is 1. The smallest absolute Gasteiger partial charge is 0.260 e. The fourth-order valence-electron chi connectivity index (χ4n) is 0.703. The van der Waals surface area contributed by atoms with E-state index in [0.29, 0.717) is 9.77 Å². The molecule has 1 amide bonds. The minimum absolute atomic E-state index is 0.394. The minimum atomic E-state index is -1.12. The molecule has 1 atom stereocenters. The molecular weight excluding hydrogens is 182 g/mol. The first-order chi connectivity index (χ1) is 5.13. The number of rotatable bonds is 2. The maximum Gasteiger partial charge on any atom is 0.260 e. The number of hydrogen-bond acceptors (Lipinski definition) is 3. The van der Waals surface area contributed by atoms with Gasteiger partial charge in [0.15, 0.2) is 0 Å². The van der Waals surface area contributed by atoms with Crippen molar-refractivity contribution in [1.29, 1.82) is 0 Å². The van der Waals surface area contributed by atoms with Crippen molar-refractivity contribution in [3.63, 3.8) is 0 Å². The van der Waals surface area contributed by atoms with Gasteiger partial charge in [0.2, 0.25) is 0 Å². The highest BCUT2D eigenvalue weighted by Gasteiger charge is 2.11. The molecule has 3 nitrogen and oxygen atoms in total. The lowest BCUT2D eigenvalue weighted by Crippen LogP contribution is -2.11. The normalized spacial score (nSPS) is 12.8. The number of thiophene rings is 1. The van der Waals surface area contributed by atoms with Crippen molar-refractivity contribution in [2.45, 2.75) is 4.90 Å². The SMILES string of the molecule is CS(=O)c1ccsc1C(N)=O. The number of primary amides is 1. The first kappa shape index (κ1) is 8.42. The van der Waals surface area contributed by atoms with Gasteiger partial charge >= 0.3 is 0 Å². The number of nitrogens with two attached hydrogens (primary N) is 1. The average Bonchev–Trinajstić information content (AvgIpc) is 2.32. The molecule has 60 valence electrons. The summed E-state index contributed by atoms with van der Waals surface area (Å²) >= 11 is 1.22. The van der Waals surface area contributed by atoms with Crippen molar-refractivity contribution in [3.8, 4) is 0 Å². The van der Waals surface area contributed by atoms with Crippen LogP contribution in [0.3, 0.4) is 0 Å². The van der Waals surface area contributed by atoms with Crippen molar-refractivity contribution >= 4 is 28.0 Å². The Labute approximate surface area is 70.7 Å². The molecular formula is C6H7NO2S2. The highest BCUT2D eigenvalue weighted by molar-refractivity contribution is 7.84. The van der Waals surface area contributed by atoms with Crippen molar-refractivity contribution in [3.05, 3.63) is 16.3 Å². The van der Waals surface area contributed by atoms with Crippen LogP contribution in [0, 0.1) is 0 Å². The first-order valence-electron chi connectivity index (χ1n) is 2.83. The second-order valence-electron chi connectivity index (χ2n) is 1.93. The minimum Gasteiger partial charge on any atom is -0.365 e. The van der Waals surface area contributed by atoms with Crippen molar-refractivity contribution in [2.24, 2.45) is 5.73 Å². The van der Waals surface area contributed by atoms with Gasteiger partial charge in [0.05, 0.1) is 15.7 Å². The van der Waals surface area contributed by atoms with Gasteiger partial charge in [-0.1, -0.05) is 0 Å². The van der Waals surface area contributed by atoms with Crippen LogP contribution >= 0.6 is 11.3 Å². The zero-order valence-corrected chi connectivity index (χ0v) is 7.50. The van der Waals surface area contributed by atoms with Crippen LogP contribution in [-0.2, 0) is 10.8 Å². The molecule has 0 aliphatic carbocycles. The summed E-state index contributed by atoms with van der Waals surface area (Å²) in [5, 5.41) is 1.71. The molecule has 0 bridgehead atoms. The van der Waals surface area contributed by atoms with Gasteiger partial charge in [-0.15, -0.1) is 11.3 Å². The van der Waals surface area contributed by atoms with Crippen LogP contribution in [0.15, 0.2) is 16.3 Å². The van der Waals surface area contributed by atoms with E-state index in [9.17, 15) is 9.00 Å². The molecule has 0 radical (unpaired) electrons. The Balaban J connectivity index is 3.16. The lowest BCUT2D eigenvalue weighted by atomic mass is 10.4. The van der Waals surface area contributed by atoms with E-state index in [-0.39, 0.29) is 0 Å². The van der Waals surface area contributed by atoms with Gasteiger partial charge in [-0.3, -0.25) is 9.00 Å². The Kier molecular flexibility index (Phi) is 2.41. The summed E-state index contributed by atoms with van der Waals surface area (Å²) < 4.78 is 10.9. The molecule has 0 saturated heterocycles. The van der Waals surface area contributed by atoms with Crippen molar-refractivity contribution in [2.75, 3.05) is 6.26 Å². The molecule has 11 heavy (non-hydrogen) atoms. The summed E-state index contributed by atoms with van der Waals surface area (Å²) in [6.45, 7) is 0. The van der Waals surface area contributed by atoms with Crippen LogP contribution < -0.4 is 5.73 Å². The van der Waals surface area contributed by atoms with Crippen LogP contribution in [0.2, 0.25) is 0 Å². The molecule has 0 aliphatic rings. The third-order valence-corrected chi connectivity index (χ3v) is 3.18. The third kappa shape index (κ3) is 1.66. The Morgan fingerprint density at radius 1 is 1.73 bits per heavy atom. The van der Waals surface area contributed by atoms with Crippen molar-refractivity contribution in [1.82, 2.24) is 0 Å². The molecule has 1 heterocycles. The Hall–Kier alpha value is -0.680. The Morgan fingerprint density at radius 3 is 2.73 bits per heavy atom. The molecule has 2 N–H and O–H groups in total. The summed E-state index contributed by atoms with van der Waals surface area (Å²) in [5.74, 6) is -0.509. The fraction of sp³-hybridized carbons (Fsp3) is 0.167. The summed E-state index contributed by atoms with van der Waals surface area (Å²) in [6.07, 6.45) is 1.52. The maximum absolute atomic E-state index is 10.9. The van der Waals surface area contributed by atoms with E-state index in [0.717, 1.165) is 0 Å². The fourth-order valence-corrected chi connectivity index (χ4v) is 2.55. The Morgan fingerprint density at radius 2 is 2.36 bits per heavy atom. The largest absolute Gasteiger partial charge is 0.365 e. The van der Waals surface area contributed by atoms with Crippen LogP contribution in [0.4, 0.5) is 0 Å². The zero-order chi connectivity index (χ0) is 8.43. The van der Waals surface area contributed by atoms with Crippen LogP contribution in [0.25, 0.3) is 0 Å². The zero-order valence-electron chi connectivity index (χ0n) is 5.87. The summed E-state index contributed by atoms with van der Waals surface area (Å²) in [7, 11) is -1.12. The summed E-state index contributed by atoms with van der Waals surface area (Å²) in [4.78, 5) is 11.6. The molecule has 5 heteroatoms. The van der Waals surface area contributed by atoms with Gasteiger partial charge in [-0.25, -0.2) is 0 Å². The molecule has 0 fully saturated rings. The third-order valence-electron chi connectivity index (χ3n) is 1.16. The molecule has 1 rings (SSSR count). The monoisotopic (exact) mass is 189 g/mol. The van der Waals surface area contributed by atoms with Gasteiger partial charge in [-0.05, 0) is 11.4 Å². The van der Waals surface area contributed by atoms with Gasteiger partial charge in [0.1, 0.15) is 4.88 Å². The molecule has 0 spiro atoms. The Bertz CT molecular complexity index is 277. The summed E-state index contributed by atoms with van der Waals surface area (Å²) in [5.41, 5.74) is 5.03. The second kappa shape index (κ2) is 3.15. The van der Waals surface area contributed by atoms with E-state index >= 15 is 0 Å². The standard InChI is InChI=1S/C6H7NO2S2/c1-11(9)4-2-3-10-5(4)6(7)8/h2-3H,1H3,(H2,7,8). The van der Waals surface area contributed by atoms with E-state index in [1.807, 2.05) is 0 Å². The van der Waals surface area contributed by atoms with E-state index in [4.69, 9.17) is 5.73 Å². The first-order valence-corrected chi connectivity index (χ1v) is 5.27. The topological polar surface area (TPSA) is 60.2 Å². The number of hydrogen-bond donors (Lipinski definition) is 1. The number of amides is 1. The number of carbonyl (C=O) groups is 1. The average molecular weight is 189 g/mol. The highest BCUT2D eigenvalue weighted by atomic mass is 32.2. The van der Waals surface area contributed by atoms with E-state index in [1.54, 1.807) is 11.4 Å². The predicted molar refractivity (Wildman–Crippen MR) is 45.2 cm³/mol. The molecule has 1 aromatic rings. The molecule has 0 saturated carbocycles. The molecule has 0 aromatic carbocycles. The van der Waals surface area contributed by atoms with Crippen LogP contribution in [0.5, 0.6) is 0 Å². The van der Waals surface area contributed by atoms with Gasteiger partial charge < -0.3 is 5.73 Å².